The SMILES string of the molecule is Cc1cc(N2CCCC2)nc(CNC(=O)Cc2ccccc2)n1. The number of rotatable bonds is 5. The van der Waals surface area contributed by atoms with Gasteiger partial charge in [-0.25, -0.2) is 9.97 Å². The molecule has 1 aliphatic heterocycles. The molecule has 2 aromatic rings. The molecule has 5 heteroatoms. The first-order valence-corrected chi connectivity index (χ1v) is 8.11. The van der Waals surface area contributed by atoms with Crippen molar-refractivity contribution in [2.45, 2.75) is 32.7 Å². The molecule has 1 amide bonds. The highest BCUT2D eigenvalue weighted by Crippen LogP contribution is 2.18. The van der Waals surface area contributed by atoms with E-state index in [0.29, 0.717) is 18.8 Å². The number of nitrogens with zero attached hydrogens (tertiary/aromatic N) is 3. The van der Waals surface area contributed by atoms with Gasteiger partial charge in [-0.15, -0.1) is 0 Å². The van der Waals surface area contributed by atoms with Gasteiger partial charge in [0.25, 0.3) is 0 Å². The molecule has 0 unspecified atom stereocenters. The zero-order chi connectivity index (χ0) is 16.1. The number of carbonyl (C=O) groups is 1. The lowest BCUT2D eigenvalue weighted by molar-refractivity contribution is -0.120. The maximum atomic E-state index is 12.0. The zero-order valence-corrected chi connectivity index (χ0v) is 13.5. The summed E-state index contributed by atoms with van der Waals surface area (Å²) in [5.41, 5.74) is 1.95. The molecule has 120 valence electrons. The third-order valence-corrected chi connectivity index (χ3v) is 3.97. The van der Waals surface area contributed by atoms with Crippen LogP contribution < -0.4 is 10.2 Å². The Morgan fingerprint density at radius 1 is 1.17 bits per heavy atom. The zero-order valence-electron chi connectivity index (χ0n) is 13.5. The predicted molar refractivity (Wildman–Crippen MR) is 90.2 cm³/mol. The number of aryl methyl sites for hydroxylation is 1. The number of anilines is 1. The van der Waals surface area contributed by atoms with Gasteiger partial charge in [-0.05, 0) is 25.3 Å². The van der Waals surface area contributed by atoms with Crippen LogP contribution in [0.5, 0.6) is 0 Å². The van der Waals surface area contributed by atoms with E-state index in [0.717, 1.165) is 30.2 Å². The third-order valence-electron chi connectivity index (χ3n) is 3.97. The first-order valence-electron chi connectivity index (χ1n) is 8.11. The van der Waals surface area contributed by atoms with Crippen molar-refractivity contribution in [1.82, 2.24) is 15.3 Å². The summed E-state index contributed by atoms with van der Waals surface area (Å²) in [6.45, 7) is 4.44. The minimum Gasteiger partial charge on any atom is -0.357 e. The monoisotopic (exact) mass is 310 g/mol. The van der Waals surface area contributed by atoms with Crippen molar-refractivity contribution in [2.75, 3.05) is 18.0 Å². The lowest BCUT2D eigenvalue weighted by atomic mass is 10.1. The van der Waals surface area contributed by atoms with Gasteiger partial charge in [0, 0.05) is 24.8 Å². The topological polar surface area (TPSA) is 58.1 Å². The summed E-state index contributed by atoms with van der Waals surface area (Å²) < 4.78 is 0. The summed E-state index contributed by atoms with van der Waals surface area (Å²) in [6, 6.07) is 11.7. The van der Waals surface area contributed by atoms with Crippen molar-refractivity contribution in [3.63, 3.8) is 0 Å². The fourth-order valence-corrected chi connectivity index (χ4v) is 2.82. The molecule has 1 aliphatic rings. The van der Waals surface area contributed by atoms with Crippen molar-refractivity contribution in [3.8, 4) is 0 Å². The third kappa shape index (κ3) is 4.28. The van der Waals surface area contributed by atoms with E-state index in [1.165, 1.54) is 12.8 Å². The van der Waals surface area contributed by atoms with Gasteiger partial charge < -0.3 is 10.2 Å². The minimum absolute atomic E-state index is 0.0102. The molecule has 1 saturated heterocycles. The number of benzene rings is 1. The average molecular weight is 310 g/mol. The Labute approximate surface area is 136 Å². The smallest absolute Gasteiger partial charge is 0.224 e. The second-order valence-electron chi connectivity index (χ2n) is 5.92. The van der Waals surface area contributed by atoms with E-state index in [2.05, 4.69) is 20.2 Å². The van der Waals surface area contributed by atoms with E-state index in [1.54, 1.807) is 0 Å². The first kappa shape index (κ1) is 15.5. The van der Waals surface area contributed by atoms with E-state index >= 15 is 0 Å². The number of hydrogen-bond acceptors (Lipinski definition) is 4. The molecular formula is C18H22N4O. The van der Waals surface area contributed by atoms with Gasteiger partial charge in [0.05, 0.1) is 13.0 Å². The molecule has 1 fully saturated rings. The maximum Gasteiger partial charge on any atom is 0.224 e. The normalized spacial score (nSPS) is 14.0. The molecular weight excluding hydrogens is 288 g/mol. The quantitative estimate of drug-likeness (QED) is 0.920. The molecule has 0 atom stereocenters. The van der Waals surface area contributed by atoms with Crippen molar-refractivity contribution in [2.24, 2.45) is 0 Å². The Hall–Kier alpha value is -2.43. The molecule has 1 aromatic heterocycles. The highest BCUT2D eigenvalue weighted by molar-refractivity contribution is 5.78. The molecule has 0 spiro atoms. The molecule has 2 heterocycles. The predicted octanol–water partition coefficient (Wildman–Crippen LogP) is 2.24. The van der Waals surface area contributed by atoms with E-state index in [-0.39, 0.29) is 5.91 Å². The molecule has 23 heavy (non-hydrogen) atoms. The summed E-state index contributed by atoms with van der Waals surface area (Å²) in [6.07, 6.45) is 2.81. The van der Waals surface area contributed by atoms with Gasteiger partial charge in [-0.3, -0.25) is 4.79 Å². The van der Waals surface area contributed by atoms with Gasteiger partial charge in [-0.2, -0.15) is 0 Å². The van der Waals surface area contributed by atoms with Crippen LogP contribution in [0, 0.1) is 6.92 Å². The fourth-order valence-electron chi connectivity index (χ4n) is 2.82. The molecule has 3 rings (SSSR count). The average Bonchev–Trinajstić information content (AvgIpc) is 3.08. The lowest BCUT2D eigenvalue weighted by Crippen LogP contribution is -2.26. The highest BCUT2D eigenvalue weighted by atomic mass is 16.1. The van der Waals surface area contributed by atoms with Crippen LogP contribution in [0.4, 0.5) is 5.82 Å². The van der Waals surface area contributed by atoms with Gasteiger partial charge in [0.15, 0.2) is 0 Å². The summed E-state index contributed by atoms with van der Waals surface area (Å²) in [4.78, 5) is 23.3. The van der Waals surface area contributed by atoms with Gasteiger partial charge in [0.1, 0.15) is 11.6 Å². The Morgan fingerprint density at radius 2 is 1.91 bits per heavy atom. The molecule has 1 aromatic carbocycles. The molecule has 0 aliphatic carbocycles. The summed E-state index contributed by atoms with van der Waals surface area (Å²) >= 11 is 0. The number of nitrogens with one attached hydrogen (secondary N) is 1. The van der Waals surface area contributed by atoms with Gasteiger partial charge >= 0.3 is 0 Å². The van der Waals surface area contributed by atoms with E-state index < -0.39 is 0 Å². The number of amides is 1. The van der Waals surface area contributed by atoms with Crippen LogP contribution in [-0.4, -0.2) is 29.0 Å². The Balaban J connectivity index is 1.60. The summed E-state index contributed by atoms with van der Waals surface area (Å²) in [7, 11) is 0. The van der Waals surface area contributed by atoms with E-state index in [1.807, 2.05) is 43.3 Å². The van der Waals surface area contributed by atoms with E-state index in [4.69, 9.17) is 0 Å². The minimum atomic E-state index is -0.0102. The maximum absolute atomic E-state index is 12.0. The number of aromatic nitrogens is 2. The summed E-state index contributed by atoms with van der Waals surface area (Å²) in [5.74, 6) is 1.64. The van der Waals surface area contributed by atoms with Crippen LogP contribution in [0.15, 0.2) is 36.4 Å². The van der Waals surface area contributed by atoms with Crippen LogP contribution >= 0.6 is 0 Å². The molecule has 0 radical (unpaired) electrons. The van der Waals surface area contributed by atoms with Crippen molar-refractivity contribution in [1.29, 1.82) is 0 Å². The fraction of sp³-hybridized carbons (Fsp3) is 0.389. The molecule has 0 bridgehead atoms. The van der Waals surface area contributed by atoms with Gasteiger partial charge in [0.2, 0.25) is 5.91 Å². The molecule has 5 nitrogen and oxygen atoms in total. The Bertz CT molecular complexity index is 666. The van der Waals surface area contributed by atoms with Crippen LogP contribution in [0.25, 0.3) is 0 Å². The van der Waals surface area contributed by atoms with E-state index in [9.17, 15) is 4.79 Å². The number of carbonyl (C=O) groups excluding carboxylic acids is 1. The Morgan fingerprint density at radius 3 is 2.65 bits per heavy atom. The van der Waals surface area contributed by atoms with Crippen molar-refractivity contribution < 1.29 is 4.79 Å². The van der Waals surface area contributed by atoms with Crippen LogP contribution in [0.3, 0.4) is 0 Å². The second-order valence-corrected chi connectivity index (χ2v) is 5.92. The highest BCUT2D eigenvalue weighted by Gasteiger charge is 2.15. The van der Waals surface area contributed by atoms with Crippen LogP contribution in [0.1, 0.15) is 29.9 Å². The van der Waals surface area contributed by atoms with Crippen LogP contribution in [0.2, 0.25) is 0 Å². The Kier molecular flexibility index (Phi) is 4.86. The lowest BCUT2D eigenvalue weighted by Gasteiger charge is -2.17. The second kappa shape index (κ2) is 7.22. The summed E-state index contributed by atoms with van der Waals surface area (Å²) in [5, 5.41) is 2.91. The number of hydrogen-bond donors (Lipinski definition) is 1. The standard InChI is InChI=1S/C18H22N4O/c1-14-11-17(22-9-5-6-10-22)21-16(20-14)13-19-18(23)12-15-7-3-2-4-8-15/h2-4,7-8,11H,5-6,9-10,12-13H2,1H3,(H,19,23). The largest absolute Gasteiger partial charge is 0.357 e. The molecule has 1 N–H and O–H groups in total. The van der Waals surface area contributed by atoms with Crippen LogP contribution in [-0.2, 0) is 17.8 Å². The van der Waals surface area contributed by atoms with Gasteiger partial charge in [-0.1, -0.05) is 30.3 Å². The first-order chi connectivity index (χ1) is 11.2. The molecule has 0 saturated carbocycles. The van der Waals surface area contributed by atoms with Crippen molar-refractivity contribution in [3.05, 3.63) is 53.5 Å². The van der Waals surface area contributed by atoms with Crippen molar-refractivity contribution >= 4 is 11.7 Å².